The van der Waals surface area contributed by atoms with Crippen molar-refractivity contribution in [3.05, 3.63) is 46.5 Å². The number of carbonyl (C=O) groups excluding carboxylic acids is 2. The van der Waals surface area contributed by atoms with Gasteiger partial charge in [-0.05, 0) is 19.1 Å². The van der Waals surface area contributed by atoms with Crippen molar-refractivity contribution in [2.24, 2.45) is 0 Å². The molecular formula is C13H12ClNO4. The Bertz CT molecular complexity index is 579. The second-order valence-electron chi connectivity index (χ2n) is 4.33. The van der Waals surface area contributed by atoms with Gasteiger partial charge in [0.2, 0.25) is 17.5 Å². The Hall–Kier alpha value is -2.01. The predicted octanol–water partition coefficient (Wildman–Crippen LogP) is 2.02. The van der Waals surface area contributed by atoms with Gasteiger partial charge < -0.3 is 9.84 Å². The molecule has 100 valence electrons. The molecule has 1 unspecified atom stereocenters. The Morgan fingerprint density at radius 2 is 1.95 bits per heavy atom. The second kappa shape index (κ2) is 4.59. The summed E-state index contributed by atoms with van der Waals surface area (Å²) in [5, 5.41) is 12.5. The maximum Gasteiger partial charge on any atom is 0.250 e. The summed E-state index contributed by atoms with van der Waals surface area (Å²) in [7, 11) is 0. The summed E-state index contributed by atoms with van der Waals surface area (Å²) >= 11 is 5.78. The molecule has 0 spiro atoms. The largest absolute Gasteiger partial charge is 0.501 e. The van der Waals surface area contributed by atoms with Gasteiger partial charge in [0.05, 0.1) is 0 Å². The van der Waals surface area contributed by atoms with E-state index in [2.05, 4.69) is 5.32 Å². The molecule has 1 aromatic carbocycles. The summed E-state index contributed by atoms with van der Waals surface area (Å²) in [5.74, 6) is -1.86. The molecule has 1 heterocycles. The van der Waals surface area contributed by atoms with E-state index >= 15 is 0 Å². The van der Waals surface area contributed by atoms with E-state index in [1.165, 1.54) is 13.8 Å². The Balaban J connectivity index is 2.35. The van der Waals surface area contributed by atoms with E-state index in [-0.39, 0.29) is 5.88 Å². The number of ketones is 1. The molecule has 1 aromatic rings. The smallest absolute Gasteiger partial charge is 0.250 e. The van der Waals surface area contributed by atoms with Crippen LogP contribution in [0.15, 0.2) is 35.9 Å². The Morgan fingerprint density at radius 3 is 2.47 bits per heavy atom. The number of aliphatic hydroxyl groups is 1. The lowest BCUT2D eigenvalue weighted by molar-refractivity contribution is -0.132. The van der Waals surface area contributed by atoms with Crippen molar-refractivity contribution in [3.63, 3.8) is 0 Å². The molecule has 6 heteroatoms. The minimum Gasteiger partial charge on any atom is -0.501 e. The number of ether oxygens (including phenoxy) is 1. The van der Waals surface area contributed by atoms with Crippen LogP contribution in [0.3, 0.4) is 0 Å². The van der Waals surface area contributed by atoms with Gasteiger partial charge >= 0.3 is 0 Å². The molecule has 19 heavy (non-hydrogen) atoms. The van der Waals surface area contributed by atoms with E-state index in [1.807, 2.05) is 0 Å². The molecule has 5 nitrogen and oxygen atoms in total. The van der Waals surface area contributed by atoms with Crippen molar-refractivity contribution < 1.29 is 19.4 Å². The molecular weight excluding hydrogens is 270 g/mol. The van der Waals surface area contributed by atoms with Crippen molar-refractivity contribution in [2.45, 2.75) is 19.4 Å². The highest BCUT2D eigenvalue weighted by molar-refractivity contribution is 6.30. The van der Waals surface area contributed by atoms with Crippen LogP contribution in [0.4, 0.5) is 0 Å². The zero-order chi connectivity index (χ0) is 14.2. The maximum atomic E-state index is 12.1. The molecule has 2 rings (SSSR count). The topological polar surface area (TPSA) is 75.6 Å². The van der Waals surface area contributed by atoms with Crippen LogP contribution in [0.1, 0.15) is 19.4 Å². The number of nitrogens with one attached hydrogen (secondary N) is 1. The first-order valence-electron chi connectivity index (χ1n) is 5.55. The highest BCUT2D eigenvalue weighted by Crippen LogP contribution is 2.37. The summed E-state index contributed by atoms with van der Waals surface area (Å²) in [5.41, 5.74) is -0.833. The first-order chi connectivity index (χ1) is 8.84. The zero-order valence-corrected chi connectivity index (χ0v) is 11.1. The molecule has 0 saturated carbocycles. The van der Waals surface area contributed by atoms with Gasteiger partial charge in [0, 0.05) is 17.5 Å². The van der Waals surface area contributed by atoms with E-state index in [4.69, 9.17) is 16.3 Å². The predicted molar refractivity (Wildman–Crippen MR) is 68.4 cm³/mol. The van der Waals surface area contributed by atoms with Gasteiger partial charge in [-0.2, -0.15) is 0 Å². The standard InChI is InChI=1S/C13H12ClNO4/c1-7(16)15-12-10(17)11(18)13(2,19-12)8-3-5-9(14)6-4-8/h3-6,17H,1-2H3,(H,15,16). The molecule has 0 aliphatic carbocycles. The average Bonchev–Trinajstić information content (AvgIpc) is 2.55. The van der Waals surface area contributed by atoms with Crippen LogP contribution < -0.4 is 5.32 Å². The monoisotopic (exact) mass is 281 g/mol. The number of hydrogen-bond acceptors (Lipinski definition) is 4. The van der Waals surface area contributed by atoms with Crippen molar-refractivity contribution in [2.75, 3.05) is 0 Å². The molecule has 0 radical (unpaired) electrons. The van der Waals surface area contributed by atoms with Crippen LogP contribution in [0.5, 0.6) is 0 Å². The summed E-state index contributed by atoms with van der Waals surface area (Å²) in [6.07, 6.45) is 0. The zero-order valence-electron chi connectivity index (χ0n) is 10.4. The number of amides is 1. The number of rotatable bonds is 2. The minimum atomic E-state index is -1.37. The SMILES string of the molecule is CC(=O)NC1=C(O)C(=O)C(C)(c2ccc(Cl)cc2)O1. The fourth-order valence-corrected chi connectivity index (χ4v) is 1.96. The Kier molecular flexibility index (Phi) is 3.24. The molecule has 1 atom stereocenters. The van der Waals surface area contributed by atoms with Crippen LogP contribution in [0.2, 0.25) is 5.02 Å². The quantitative estimate of drug-likeness (QED) is 0.869. The van der Waals surface area contributed by atoms with E-state index in [0.29, 0.717) is 10.6 Å². The third kappa shape index (κ3) is 2.29. The molecule has 0 fully saturated rings. The number of benzene rings is 1. The summed E-state index contributed by atoms with van der Waals surface area (Å²) < 4.78 is 5.42. The summed E-state index contributed by atoms with van der Waals surface area (Å²) in [6.45, 7) is 2.77. The van der Waals surface area contributed by atoms with Gasteiger partial charge in [0.25, 0.3) is 5.78 Å². The third-order valence-electron chi connectivity index (χ3n) is 2.85. The van der Waals surface area contributed by atoms with Gasteiger partial charge in [-0.15, -0.1) is 0 Å². The summed E-state index contributed by atoms with van der Waals surface area (Å²) in [4.78, 5) is 23.1. The average molecular weight is 282 g/mol. The summed E-state index contributed by atoms with van der Waals surface area (Å²) in [6, 6.07) is 6.49. The van der Waals surface area contributed by atoms with Crippen LogP contribution in [0, 0.1) is 0 Å². The third-order valence-corrected chi connectivity index (χ3v) is 3.11. The van der Waals surface area contributed by atoms with Crippen LogP contribution in [-0.4, -0.2) is 16.8 Å². The normalized spacial score (nSPS) is 22.4. The van der Waals surface area contributed by atoms with Crippen molar-refractivity contribution in [1.29, 1.82) is 0 Å². The van der Waals surface area contributed by atoms with Gasteiger partial charge in [-0.3, -0.25) is 14.9 Å². The first-order valence-corrected chi connectivity index (χ1v) is 5.93. The van der Waals surface area contributed by atoms with Crippen LogP contribution in [0.25, 0.3) is 0 Å². The highest BCUT2D eigenvalue weighted by Gasteiger charge is 2.48. The fraction of sp³-hybridized carbons (Fsp3) is 0.231. The Morgan fingerprint density at radius 1 is 1.37 bits per heavy atom. The van der Waals surface area contributed by atoms with Gasteiger partial charge in [-0.1, -0.05) is 23.7 Å². The number of aliphatic hydroxyl groups excluding tert-OH is 1. The van der Waals surface area contributed by atoms with Crippen molar-refractivity contribution in [1.82, 2.24) is 5.32 Å². The van der Waals surface area contributed by atoms with E-state index in [1.54, 1.807) is 24.3 Å². The van der Waals surface area contributed by atoms with Gasteiger partial charge in [0.15, 0.2) is 5.60 Å². The lowest BCUT2D eigenvalue weighted by Crippen LogP contribution is -2.32. The van der Waals surface area contributed by atoms with Crippen molar-refractivity contribution >= 4 is 23.3 Å². The fourth-order valence-electron chi connectivity index (χ4n) is 1.83. The number of hydrogen-bond donors (Lipinski definition) is 2. The molecule has 1 aliphatic heterocycles. The number of halogens is 1. The molecule has 0 saturated heterocycles. The molecule has 1 amide bonds. The highest BCUT2D eigenvalue weighted by atomic mass is 35.5. The minimum absolute atomic E-state index is 0.227. The van der Waals surface area contributed by atoms with Crippen LogP contribution >= 0.6 is 11.6 Å². The van der Waals surface area contributed by atoms with E-state index in [9.17, 15) is 14.7 Å². The van der Waals surface area contributed by atoms with E-state index < -0.39 is 23.1 Å². The number of Topliss-reactive ketones (excluding diaryl/α,β-unsaturated/α-hetero) is 1. The lowest BCUT2D eigenvalue weighted by atomic mass is 9.92. The van der Waals surface area contributed by atoms with Crippen molar-refractivity contribution in [3.8, 4) is 0 Å². The van der Waals surface area contributed by atoms with E-state index in [0.717, 1.165) is 0 Å². The first kappa shape index (κ1) is 13.4. The maximum absolute atomic E-state index is 12.1. The van der Waals surface area contributed by atoms with Gasteiger partial charge in [-0.25, -0.2) is 0 Å². The number of carbonyl (C=O) groups is 2. The van der Waals surface area contributed by atoms with Gasteiger partial charge in [0.1, 0.15) is 0 Å². The molecule has 0 bridgehead atoms. The lowest BCUT2D eigenvalue weighted by Gasteiger charge is -2.23. The molecule has 2 N–H and O–H groups in total. The Labute approximate surface area is 114 Å². The van der Waals surface area contributed by atoms with Crippen LogP contribution in [-0.2, 0) is 19.9 Å². The molecule has 1 aliphatic rings. The molecule has 0 aromatic heterocycles. The second-order valence-corrected chi connectivity index (χ2v) is 4.77.